The number of pyridine rings is 1. The number of nitrogens with zero attached hydrogens (tertiary/aromatic N) is 1. The zero-order valence-electron chi connectivity index (χ0n) is 9.95. The molecule has 19 heavy (non-hydrogen) atoms. The molecule has 0 bridgehead atoms. The van der Waals surface area contributed by atoms with Crippen LogP contribution in [-0.4, -0.2) is 16.1 Å². The maximum atomic E-state index is 10.9. The van der Waals surface area contributed by atoms with Gasteiger partial charge in [0.05, 0.1) is 5.69 Å². The molecule has 0 aliphatic heterocycles. The zero-order valence-corrected chi connectivity index (χ0v) is 12.3. The molecule has 1 aromatic heterocycles. The van der Waals surface area contributed by atoms with Gasteiger partial charge in [-0.25, -0.2) is 9.78 Å². The van der Waals surface area contributed by atoms with E-state index in [2.05, 4.69) is 26.2 Å². The van der Waals surface area contributed by atoms with E-state index in [9.17, 15) is 4.79 Å². The maximum absolute atomic E-state index is 10.9. The van der Waals surface area contributed by atoms with Gasteiger partial charge in [0.1, 0.15) is 5.82 Å². The Balaban J connectivity index is 2.33. The van der Waals surface area contributed by atoms with Gasteiger partial charge in [0.2, 0.25) is 0 Å². The fraction of sp³-hybridized carbons (Fsp3) is 0.0769. The number of hydrogen-bond donors (Lipinski definition) is 2. The van der Waals surface area contributed by atoms with Crippen LogP contribution in [0.15, 0.2) is 34.8 Å². The third kappa shape index (κ3) is 3.24. The van der Waals surface area contributed by atoms with E-state index >= 15 is 0 Å². The summed E-state index contributed by atoms with van der Waals surface area (Å²) in [5, 5.41) is 12.5. The molecule has 0 aliphatic carbocycles. The Morgan fingerprint density at radius 1 is 1.42 bits per heavy atom. The molecule has 1 heterocycles. The summed E-state index contributed by atoms with van der Waals surface area (Å²) in [6, 6.07) is 8.39. The van der Waals surface area contributed by atoms with Gasteiger partial charge in [-0.15, -0.1) is 0 Å². The summed E-state index contributed by atoms with van der Waals surface area (Å²) in [6.07, 6.45) is 0. The number of nitrogens with one attached hydrogen (secondary N) is 1. The summed E-state index contributed by atoms with van der Waals surface area (Å²) in [4.78, 5) is 14.8. The molecule has 6 heteroatoms. The Morgan fingerprint density at radius 2 is 2.16 bits per heavy atom. The van der Waals surface area contributed by atoms with E-state index in [1.54, 1.807) is 18.2 Å². The molecule has 0 unspecified atom stereocenters. The van der Waals surface area contributed by atoms with Crippen molar-refractivity contribution in [2.75, 3.05) is 5.32 Å². The first-order chi connectivity index (χ1) is 8.97. The molecule has 98 valence electrons. The van der Waals surface area contributed by atoms with Crippen molar-refractivity contribution in [3.63, 3.8) is 0 Å². The summed E-state index contributed by atoms with van der Waals surface area (Å²) in [7, 11) is 0. The van der Waals surface area contributed by atoms with Gasteiger partial charge in [0, 0.05) is 9.50 Å². The predicted molar refractivity (Wildman–Crippen MR) is 78.4 cm³/mol. The summed E-state index contributed by atoms with van der Waals surface area (Å²) in [6.45, 7) is 1.90. The monoisotopic (exact) mass is 340 g/mol. The first kappa shape index (κ1) is 13.8. The second kappa shape index (κ2) is 5.59. The van der Waals surface area contributed by atoms with E-state index in [1.165, 1.54) is 6.07 Å². The number of carbonyl (C=O) groups is 1. The highest BCUT2D eigenvalue weighted by atomic mass is 79.9. The molecule has 0 aliphatic rings. The van der Waals surface area contributed by atoms with E-state index in [4.69, 9.17) is 16.7 Å². The lowest BCUT2D eigenvalue weighted by molar-refractivity contribution is 0.0690. The normalized spacial score (nSPS) is 10.3. The Kier molecular flexibility index (Phi) is 4.07. The molecule has 2 aromatic rings. The van der Waals surface area contributed by atoms with Crippen LogP contribution >= 0.6 is 27.5 Å². The SMILES string of the molecule is Cc1cc(Br)c(Nc2cccc(C(=O)O)n2)cc1Cl. The number of hydrogen-bond acceptors (Lipinski definition) is 3. The molecule has 0 atom stereocenters. The first-order valence-electron chi connectivity index (χ1n) is 5.40. The first-order valence-corrected chi connectivity index (χ1v) is 6.57. The van der Waals surface area contributed by atoms with Crippen LogP contribution in [0.3, 0.4) is 0 Å². The smallest absolute Gasteiger partial charge is 0.354 e. The lowest BCUT2D eigenvalue weighted by Gasteiger charge is -2.10. The van der Waals surface area contributed by atoms with Crippen LogP contribution in [0.4, 0.5) is 11.5 Å². The number of benzene rings is 1. The molecule has 1 aromatic carbocycles. The molecule has 0 saturated carbocycles. The van der Waals surface area contributed by atoms with E-state index in [1.807, 2.05) is 13.0 Å². The van der Waals surface area contributed by atoms with Crippen molar-refractivity contribution in [3.8, 4) is 0 Å². The number of aryl methyl sites for hydroxylation is 1. The predicted octanol–water partition coefficient (Wildman–Crippen LogP) is 4.25. The second-order valence-corrected chi connectivity index (χ2v) is 5.18. The number of halogens is 2. The molecule has 0 amide bonds. The summed E-state index contributed by atoms with van der Waals surface area (Å²) < 4.78 is 0.830. The highest BCUT2D eigenvalue weighted by Crippen LogP contribution is 2.30. The third-order valence-corrected chi connectivity index (χ3v) is 3.54. The molecule has 2 N–H and O–H groups in total. The Labute approximate surface area is 123 Å². The van der Waals surface area contributed by atoms with Crippen LogP contribution in [0, 0.1) is 6.92 Å². The van der Waals surface area contributed by atoms with Gasteiger partial charge in [0.15, 0.2) is 5.69 Å². The third-order valence-electron chi connectivity index (χ3n) is 2.48. The topological polar surface area (TPSA) is 62.2 Å². The van der Waals surface area contributed by atoms with Crippen molar-refractivity contribution in [2.24, 2.45) is 0 Å². The maximum Gasteiger partial charge on any atom is 0.354 e. The number of aromatic nitrogens is 1. The lowest BCUT2D eigenvalue weighted by Crippen LogP contribution is -2.03. The largest absolute Gasteiger partial charge is 0.477 e. The fourth-order valence-corrected chi connectivity index (χ4v) is 2.22. The van der Waals surface area contributed by atoms with Crippen molar-refractivity contribution in [1.29, 1.82) is 0 Å². The standard InChI is InChI=1S/C13H10BrClN2O2/c1-7-5-8(14)11(6-9(7)15)17-12-4-2-3-10(16-12)13(18)19/h2-6H,1H3,(H,16,17)(H,18,19). The van der Waals surface area contributed by atoms with Crippen molar-refractivity contribution < 1.29 is 9.90 Å². The fourth-order valence-electron chi connectivity index (χ4n) is 1.50. The van der Waals surface area contributed by atoms with E-state index in [0.29, 0.717) is 10.8 Å². The van der Waals surface area contributed by atoms with Crippen LogP contribution < -0.4 is 5.32 Å². The lowest BCUT2D eigenvalue weighted by atomic mass is 10.2. The minimum absolute atomic E-state index is 0.0145. The van der Waals surface area contributed by atoms with Crippen LogP contribution in [0.1, 0.15) is 16.1 Å². The van der Waals surface area contributed by atoms with Gasteiger partial charge in [-0.2, -0.15) is 0 Å². The highest BCUT2D eigenvalue weighted by Gasteiger charge is 2.08. The van der Waals surface area contributed by atoms with E-state index in [0.717, 1.165) is 15.7 Å². The van der Waals surface area contributed by atoms with Crippen LogP contribution in [0.2, 0.25) is 5.02 Å². The van der Waals surface area contributed by atoms with Crippen molar-refractivity contribution >= 4 is 45.0 Å². The Bertz CT molecular complexity index is 647. The van der Waals surface area contributed by atoms with Gasteiger partial charge in [-0.05, 0) is 52.7 Å². The Morgan fingerprint density at radius 3 is 2.84 bits per heavy atom. The van der Waals surface area contributed by atoms with Gasteiger partial charge in [0.25, 0.3) is 0 Å². The number of carboxylic acids is 1. The zero-order chi connectivity index (χ0) is 14.0. The van der Waals surface area contributed by atoms with Crippen molar-refractivity contribution in [2.45, 2.75) is 6.92 Å². The molecule has 0 radical (unpaired) electrons. The number of rotatable bonds is 3. The number of carboxylic acid groups (broad SMARTS) is 1. The molecule has 2 rings (SSSR count). The van der Waals surface area contributed by atoms with Gasteiger partial charge < -0.3 is 10.4 Å². The highest BCUT2D eigenvalue weighted by molar-refractivity contribution is 9.10. The average Bonchev–Trinajstić information content (AvgIpc) is 2.36. The van der Waals surface area contributed by atoms with Gasteiger partial charge in [-0.1, -0.05) is 17.7 Å². The molecular formula is C13H10BrClN2O2. The second-order valence-electron chi connectivity index (χ2n) is 3.92. The molecule has 0 saturated heterocycles. The molecule has 4 nitrogen and oxygen atoms in total. The van der Waals surface area contributed by atoms with E-state index < -0.39 is 5.97 Å². The quantitative estimate of drug-likeness (QED) is 0.876. The van der Waals surface area contributed by atoms with Gasteiger partial charge >= 0.3 is 5.97 Å². The summed E-state index contributed by atoms with van der Waals surface area (Å²) >= 11 is 9.48. The minimum Gasteiger partial charge on any atom is -0.477 e. The van der Waals surface area contributed by atoms with Gasteiger partial charge in [-0.3, -0.25) is 0 Å². The number of aromatic carboxylic acids is 1. The molecular weight excluding hydrogens is 332 g/mol. The van der Waals surface area contributed by atoms with Crippen molar-refractivity contribution in [1.82, 2.24) is 4.98 Å². The summed E-state index contributed by atoms with van der Waals surface area (Å²) in [5.74, 6) is -0.620. The van der Waals surface area contributed by atoms with Crippen LogP contribution in [-0.2, 0) is 0 Å². The molecule has 0 fully saturated rings. The van der Waals surface area contributed by atoms with Crippen molar-refractivity contribution in [3.05, 3.63) is 51.1 Å². The van der Waals surface area contributed by atoms with Crippen LogP contribution in [0.25, 0.3) is 0 Å². The Hall–Kier alpha value is -1.59. The van der Waals surface area contributed by atoms with E-state index in [-0.39, 0.29) is 5.69 Å². The summed E-state index contributed by atoms with van der Waals surface area (Å²) in [5.41, 5.74) is 1.66. The number of anilines is 2. The average molecular weight is 342 g/mol. The molecule has 0 spiro atoms. The minimum atomic E-state index is -1.07. The van der Waals surface area contributed by atoms with Crippen LogP contribution in [0.5, 0.6) is 0 Å².